The highest BCUT2D eigenvalue weighted by Gasteiger charge is 2.29. The van der Waals surface area contributed by atoms with Gasteiger partial charge in [0, 0.05) is 51.1 Å². The molecule has 1 aromatic carbocycles. The Morgan fingerprint density at radius 2 is 1.97 bits per heavy atom. The zero-order valence-electron chi connectivity index (χ0n) is 21.7. The Kier molecular flexibility index (Phi) is 8.89. The molecular weight excluding hydrogens is 474 g/mol. The smallest absolute Gasteiger partial charge is 0.168 e. The lowest BCUT2D eigenvalue weighted by Gasteiger charge is -2.33. The highest BCUT2D eigenvalue weighted by molar-refractivity contribution is 7.80. The maximum absolute atomic E-state index is 5.63. The van der Waals surface area contributed by atoms with E-state index in [1.165, 1.54) is 23.5 Å². The molecule has 2 heterocycles. The van der Waals surface area contributed by atoms with E-state index in [0.717, 1.165) is 68.0 Å². The number of anilines is 2. The van der Waals surface area contributed by atoms with E-state index in [9.17, 15) is 0 Å². The number of thiocarbonyl (C=S) groups is 1. The summed E-state index contributed by atoms with van der Waals surface area (Å²) in [6.45, 7) is 12.2. The number of para-hydroxylation sites is 2. The standard InChI is InChI=1S/C27H41N5OS2/c1-5-31(16-17-33-4)23-9-7-6-8-22(23)30-27(2,3)24-19-35-25(29-24)21-12-14-32(15-13-21)26(34)28-18-20-10-11-20/h6-9,19-21,30H,5,10-18H2,1-4H3,(H,28,34). The number of piperidine rings is 1. The molecule has 0 atom stereocenters. The second-order valence-electron chi connectivity index (χ2n) is 10.3. The van der Waals surface area contributed by atoms with Gasteiger partial charge in [-0.25, -0.2) is 4.98 Å². The van der Waals surface area contributed by atoms with Gasteiger partial charge in [-0.2, -0.15) is 0 Å². The van der Waals surface area contributed by atoms with Crippen molar-refractivity contribution in [3.05, 3.63) is 40.3 Å². The van der Waals surface area contributed by atoms with Crippen molar-refractivity contribution in [2.24, 2.45) is 5.92 Å². The first-order chi connectivity index (χ1) is 16.9. The van der Waals surface area contributed by atoms with Crippen LogP contribution in [0.3, 0.4) is 0 Å². The largest absolute Gasteiger partial charge is 0.383 e. The molecule has 35 heavy (non-hydrogen) atoms. The first kappa shape index (κ1) is 26.2. The fraction of sp³-hybridized carbons (Fsp3) is 0.630. The van der Waals surface area contributed by atoms with Crippen LogP contribution in [0, 0.1) is 5.92 Å². The highest BCUT2D eigenvalue weighted by Crippen LogP contribution is 2.36. The second-order valence-corrected chi connectivity index (χ2v) is 11.6. The summed E-state index contributed by atoms with van der Waals surface area (Å²) in [4.78, 5) is 9.83. The normalized spacial score (nSPS) is 16.9. The van der Waals surface area contributed by atoms with Crippen molar-refractivity contribution in [3.8, 4) is 0 Å². The van der Waals surface area contributed by atoms with Crippen LogP contribution >= 0.6 is 23.6 Å². The van der Waals surface area contributed by atoms with Crippen molar-refractivity contribution in [2.75, 3.05) is 56.7 Å². The van der Waals surface area contributed by atoms with Crippen LogP contribution in [-0.2, 0) is 10.3 Å². The van der Waals surface area contributed by atoms with Crippen molar-refractivity contribution < 1.29 is 4.74 Å². The lowest BCUT2D eigenvalue weighted by atomic mass is 9.97. The number of benzene rings is 1. The molecule has 1 aliphatic heterocycles. The Morgan fingerprint density at radius 1 is 1.23 bits per heavy atom. The van der Waals surface area contributed by atoms with Gasteiger partial charge in [0.2, 0.25) is 0 Å². The molecule has 8 heteroatoms. The number of hydrogen-bond acceptors (Lipinski definition) is 6. The number of hydrogen-bond donors (Lipinski definition) is 2. The van der Waals surface area contributed by atoms with Crippen LogP contribution < -0.4 is 15.5 Å². The van der Waals surface area contributed by atoms with Gasteiger partial charge in [0.05, 0.1) is 34.2 Å². The number of likely N-dealkylation sites (N-methyl/N-ethyl adjacent to an activating group) is 1. The minimum absolute atomic E-state index is 0.277. The predicted octanol–water partition coefficient (Wildman–Crippen LogP) is 5.43. The van der Waals surface area contributed by atoms with E-state index in [0.29, 0.717) is 12.5 Å². The van der Waals surface area contributed by atoms with E-state index in [1.54, 1.807) is 18.4 Å². The summed E-state index contributed by atoms with van der Waals surface area (Å²) in [7, 11) is 1.76. The molecule has 1 aliphatic carbocycles. The molecule has 2 aliphatic rings. The lowest BCUT2D eigenvalue weighted by Crippen LogP contribution is -2.44. The quantitative estimate of drug-likeness (QED) is 0.387. The molecule has 4 rings (SSSR count). The van der Waals surface area contributed by atoms with Crippen LogP contribution in [0.1, 0.15) is 63.1 Å². The molecule has 0 spiro atoms. The van der Waals surface area contributed by atoms with Crippen molar-refractivity contribution in [1.29, 1.82) is 0 Å². The molecule has 1 aromatic heterocycles. The number of rotatable bonds is 11. The maximum atomic E-state index is 5.63. The third-order valence-electron chi connectivity index (χ3n) is 7.17. The molecule has 2 fully saturated rings. The molecule has 1 saturated heterocycles. The van der Waals surface area contributed by atoms with Crippen LogP contribution in [0.5, 0.6) is 0 Å². The van der Waals surface area contributed by atoms with Crippen LogP contribution in [0.25, 0.3) is 0 Å². The average molecular weight is 516 g/mol. The van der Waals surface area contributed by atoms with Gasteiger partial charge in [-0.05, 0) is 76.7 Å². The first-order valence-electron chi connectivity index (χ1n) is 13.0. The third-order valence-corrected chi connectivity index (χ3v) is 8.58. The maximum Gasteiger partial charge on any atom is 0.168 e. The first-order valence-corrected chi connectivity index (χ1v) is 14.3. The summed E-state index contributed by atoms with van der Waals surface area (Å²) in [5.74, 6) is 1.36. The molecule has 192 valence electrons. The summed E-state index contributed by atoms with van der Waals surface area (Å²) in [6.07, 6.45) is 4.93. The summed E-state index contributed by atoms with van der Waals surface area (Å²) in [5, 5.41) is 11.7. The number of nitrogens with one attached hydrogen (secondary N) is 2. The fourth-order valence-electron chi connectivity index (χ4n) is 4.66. The number of aromatic nitrogens is 1. The fourth-order valence-corrected chi connectivity index (χ4v) is 6.09. The molecular formula is C27H41N5OS2. The molecule has 0 radical (unpaired) electrons. The summed E-state index contributed by atoms with van der Waals surface area (Å²) in [5.41, 5.74) is 3.16. The van der Waals surface area contributed by atoms with Gasteiger partial charge in [0.25, 0.3) is 0 Å². The predicted molar refractivity (Wildman–Crippen MR) is 152 cm³/mol. The van der Waals surface area contributed by atoms with Gasteiger partial charge in [-0.3, -0.25) is 0 Å². The van der Waals surface area contributed by atoms with Crippen molar-refractivity contribution in [1.82, 2.24) is 15.2 Å². The summed E-state index contributed by atoms with van der Waals surface area (Å²) < 4.78 is 5.33. The Morgan fingerprint density at radius 3 is 2.66 bits per heavy atom. The van der Waals surface area contributed by atoms with E-state index in [1.807, 2.05) is 0 Å². The Balaban J connectivity index is 1.37. The Bertz CT molecular complexity index is 966. The van der Waals surface area contributed by atoms with Crippen LogP contribution in [0.2, 0.25) is 0 Å². The highest BCUT2D eigenvalue weighted by atomic mass is 32.1. The van der Waals surface area contributed by atoms with E-state index >= 15 is 0 Å². The number of nitrogens with zero attached hydrogens (tertiary/aromatic N) is 3. The number of likely N-dealkylation sites (tertiary alicyclic amines) is 1. The Hall–Kier alpha value is -1.90. The zero-order chi connectivity index (χ0) is 24.8. The zero-order valence-corrected chi connectivity index (χ0v) is 23.3. The number of thiazole rings is 1. The molecule has 0 unspecified atom stereocenters. The van der Waals surface area contributed by atoms with Gasteiger partial charge < -0.3 is 25.2 Å². The minimum Gasteiger partial charge on any atom is -0.383 e. The summed E-state index contributed by atoms with van der Waals surface area (Å²) in [6, 6.07) is 8.54. The molecule has 0 amide bonds. The third kappa shape index (κ3) is 6.86. The number of ether oxygens (including phenoxy) is 1. The van der Waals surface area contributed by atoms with Gasteiger partial charge in [-0.15, -0.1) is 11.3 Å². The van der Waals surface area contributed by atoms with Gasteiger partial charge >= 0.3 is 0 Å². The van der Waals surface area contributed by atoms with Crippen molar-refractivity contribution >= 4 is 40.0 Å². The average Bonchev–Trinajstić information content (AvgIpc) is 3.56. The van der Waals surface area contributed by atoms with Gasteiger partial charge in [0.1, 0.15) is 0 Å². The second kappa shape index (κ2) is 11.9. The minimum atomic E-state index is -0.277. The molecule has 2 aromatic rings. The topological polar surface area (TPSA) is 52.7 Å². The van der Waals surface area contributed by atoms with Crippen LogP contribution in [0.4, 0.5) is 11.4 Å². The Labute approximate surface area is 220 Å². The van der Waals surface area contributed by atoms with E-state index in [-0.39, 0.29) is 5.54 Å². The van der Waals surface area contributed by atoms with E-state index in [2.05, 4.69) is 70.9 Å². The van der Waals surface area contributed by atoms with Gasteiger partial charge in [-0.1, -0.05) is 12.1 Å². The molecule has 1 saturated carbocycles. The van der Waals surface area contributed by atoms with Gasteiger partial charge in [0.15, 0.2) is 5.11 Å². The molecule has 2 N–H and O–H groups in total. The molecule has 6 nitrogen and oxygen atoms in total. The summed E-state index contributed by atoms with van der Waals surface area (Å²) >= 11 is 7.44. The van der Waals surface area contributed by atoms with Crippen molar-refractivity contribution in [3.63, 3.8) is 0 Å². The lowest BCUT2D eigenvalue weighted by molar-refractivity contribution is 0.205. The monoisotopic (exact) mass is 515 g/mol. The van der Waals surface area contributed by atoms with Crippen molar-refractivity contribution in [2.45, 2.75) is 57.9 Å². The van der Waals surface area contributed by atoms with Crippen LogP contribution in [0.15, 0.2) is 29.6 Å². The van der Waals surface area contributed by atoms with E-state index in [4.69, 9.17) is 21.9 Å². The SMILES string of the molecule is CCN(CCOC)c1ccccc1NC(C)(C)c1csc(C2CCN(C(=S)NCC3CC3)CC2)n1. The van der Waals surface area contributed by atoms with Crippen LogP contribution in [-0.4, -0.2) is 61.4 Å². The van der Waals surface area contributed by atoms with E-state index < -0.39 is 0 Å². The molecule has 0 bridgehead atoms. The number of methoxy groups -OCH3 is 1.